The molecular weight excluding hydrogens is 449 g/mol. The average Bonchev–Trinajstić information content (AvgIpc) is 2.89. The molecule has 0 spiro atoms. The van der Waals surface area contributed by atoms with Gasteiger partial charge in [-0.05, 0) is 37.1 Å². The normalized spacial score (nSPS) is 17.5. The van der Waals surface area contributed by atoms with Gasteiger partial charge in [-0.1, -0.05) is 19.3 Å². The van der Waals surface area contributed by atoms with Gasteiger partial charge in [0.2, 0.25) is 0 Å². The zero-order valence-corrected chi connectivity index (χ0v) is 19.7. The van der Waals surface area contributed by atoms with Gasteiger partial charge in [0.1, 0.15) is 17.0 Å². The van der Waals surface area contributed by atoms with Crippen LogP contribution in [0.15, 0.2) is 41.5 Å². The molecule has 4 heterocycles. The Balaban J connectivity index is 1.51. The summed E-state index contributed by atoms with van der Waals surface area (Å²) >= 11 is 0. The van der Waals surface area contributed by atoms with Crippen LogP contribution in [0.25, 0.3) is 22.3 Å². The summed E-state index contributed by atoms with van der Waals surface area (Å²) < 4.78 is 20.4. The number of carbonyl (C=O) groups excluding carboxylic acids is 1. The predicted octanol–water partition coefficient (Wildman–Crippen LogP) is 2.99. The summed E-state index contributed by atoms with van der Waals surface area (Å²) in [6.45, 7) is 4.04. The first-order valence-electron chi connectivity index (χ1n) is 12.3. The lowest BCUT2D eigenvalue weighted by atomic mass is 9.95. The van der Waals surface area contributed by atoms with Crippen molar-refractivity contribution in [3.8, 4) is 11.3 Å². The standard InChI is InChI=1S/C26H30FN5O3/c27-20-6-7-23(28-17-20)19-14-18-15-22(25(33)30-21-4-2-1-3-5-21)26(34)32(24(18)29-16-19)9-8-31-10-12-35-13-11-31/h6-7,14-17,21H,1-5,8-13H2,(H,30,33). The first-order valence-corrected chi connectivity index (χ1v) is 12.3. The van der Waals surface area contributed by atoms with Crippen LogP contribution in [0.2, 0.25) is 0 Å². The Bertz CT molecular complexity index is 1250. The Kier molecular flexibility index (Phi) is 7.15. The molecule has 0 aromatic carbocycles. The highest BCUT2D eigenvalue weighted by atomic mass is 19.1. The van der Waals surface area contributed by atoms with Gasteiger partial charge in [-0.3, -0.25) is 24.0 Å². The van der Waals surface area contributed by atoms with Gasteiger partial charge in [0, 0.05) is 49.4 Å². The number of pyridine rings is 3. The van der Waals surface area contributed by atoms with Gasteiger partial charge in [0.05, 0.1) is 25.1 Å². The van der Waals surface area contributed by atoms with Gasteiger partial charge in [-0.2, -0.15) is 0 Å². The number of morpholine rings is 1. The third kappa shape index (κ3) is 5.41. The molecule has 2 fully saturated rings. The second-order valence-electron chi connectivity index (χ2n) is 9.28. The van der Waals surface area contributed by atoms with Crippen LogP contribution in [0.3, 0.4) is 0 Å². The van der Waals surface area contributed by atoms with Crippen LogP contribution in [-0.2, 0) is 11.3 Å². The minimum absolute atomic E-state index is 0.0982. The molecule has 8 nitrogen and oxygen atoms in total. The topological polar surface area (TPSA) is 89.3 Å². The van der Waals surface area contributed by atoms with Crippen LogP contribution >= 0.6 is 0 Å². The molecule has 3 aromatic rings. The molecule has 3 aromatic heterocycles. The highest BCUT2D eigenvalue weighted by molar-refractivity contribution is 5.97. The number of nitrogens with one attached hydrogen (secondary N) is 1. The summed E-state index contributed by atoms with van der Waals surface area (Å²) in [4.78, 5) is 37.7. The molecule has 1 amide bonds. The van der Waals surface area contributed by atoms with E-state index in [1.165, 1.54) is 12.5 Å². The number of aromatic nitrogens is 3. The minimum atomic E-state index is -0.416. The SMILES string of the molecule is O=C(NC1CCCCC1)c1cc2cc(-c3ccc(F)cn3)cnc2n(CCN2CCOCC2)c1=O. The van der Waals surface area contributed by atoms with E-state index in [4.69, 9.17) is 4.74 Å². The molecule has 1 saturated heterocycles. The summed E-state index contributed by atoms with van der Waals surface area (Å²) in [7, 11) is 0. The van der Waals surface area contributed by atoms with E-state index in [1.54, 1.807) is 22.9 Å². The Morgan fingerprint density at radius 1 is 1.06 bits per heavy atom. The van der Waals surface area contributed by atoms with E-state index in [0.717, 1.165) is 45.0 Å². The summed E-state index contributed by atoms with van der Waals surface area (Å²) in [5.41, 5.74) is 1.56. The molecule has 2 aliphatic rings. The number of halogens is 1. The molecule has 0 radical (unpaired) electrons. The lowest BCUT2D eigenvalue weighted by Gasteiger charge is -2.27. The zero-order valence-electron chi connectivity index (χ0n) is 19.7. The third-order valence-electron chi connectivity index (χ3n) is 6.88. The van der Waals surface area contributed by atoms with Gasteiger partial charge >= 0.3 is 0 Å². The highest BCUT2D eigenvalue weighted by Gasteiger charge is 2.22. The van der Waals surface area contributed by atoms with Gasteiger partial charge in [0.15, 0.2) is 0 Å². The molecule has 0 atom stereocenters. The largest absolute Gasteiger partial charge is 0.379 e. The second-order valence-corrected chi connectivity index (χ2v) is 9.28. The van der Waals surface area contributed by atoms with Gasteiger partial charge in [-0.15, -0.1) is 0 Å². The summed E-state index contributed by atoms with van der Waals surface area (Å²) in [5, 5.41) is 3.74. The van der Waals surface area contributed by atoms with Crippen LogP contribution in [0.4, 0.5) is 4.39 Å². The van der Waals surface area contributed by atoms with E-state index in [1.807, 2.05) is 6.07 Å². The van der Waals surface area contributed by atoms with Crippen molar-refractivity contribution in [1.29, 1.82) is 0 Å². The van der Waals surface area contributed by atoms with Crippen molar-refractivity contribution in [3.63, 3.8) is 0 Å². The monoisotopic (exact) mass is 479 g/mol. The van der Waals surface area contributed by atoms with Crippen LogP contribution in [-0.4, -0.2) is 64.2 Å². The fourth-order valence-electron chi connectivity index (χ4n) is 4.90. The molecule has 0 bridgehead atoms. The Hall–Kier alpha value is -3.17. The van der Waals surface area contributed by atoms with Gasteiger partial charge < -0.3 is 10.1 Å². The third-order valence-corrected chi connectivity index (χ3v) is 6.88. The van der Waals surface area contributed by atoms with Crippen LogP contribution in [0, 0.1) is 5.82 Å². The van der Waals surface area contributed by atoms with Crippen molar-refractivity contribution in [2.24, 2.45) is 0 Å². The van der Waals surface area contributed by atoms with Gasteiger partial charge in [-0.25, -0.2) is 9.37 Å². The van der Waals surface area contributed by atoms with Crippen molar-refractivity contribution >= 4 is 16.9 Å². The van der Waals surface area contributed by atoms with Crippen LogP contribution in [0.1, 0.15) is 42.5 Å². The first-order chi connectivity index (χ1) is 17.1. The second kappa shape index (κ2) is 10.6. The van der Waals surface area contributed by atoms with E-state index >= 15 is 0 Å². The number of amides is 1. The van der Waals surface area contributed by atoms with E-state index in [2.05, 4.69) is 20.2 Å². The molecule has 5 rings (SSSR count). The van der Waals surface area contributed by atoms with Crippen LogP contribution < -0.4 is 10.9 Å². The Morgan fingerprint density at radius 2 is 1.86 bits per heavy atom. The fraction of sp³-hybridized carbons (Fsp3) is 0.462. The zero-order chi connectivity index (χ0) is 24.2. The summed E-state index contributed by atoms with van der Waals surface area (Å²) in [6, 6.07) is 6.51. The molecule has 1 saturated carbocycles. The molecule has 1 aliphatic carbocycles. The van der Waals surface area contributed by atoms with Gasteiger partial charge in [0.25, 0.3) is 11.5 Å². The smallest absolute Gasteiger partial charge is 0.265 e. The number of carbonyl (C=O) groups is 1. The molecule has 0 unspecified atom stereocenters. The lowest BCUT2D eigenvalue weighted by molar-refractivity contribution is 0.0364. The maximum absolute atomic E-state index is 13.5. The Labute approximate surface area is 203 Å². The maximum atomic E-state index is 13.5. The summed E-state index contributed by atoms with van der Waals surface area (Å²) in [5.74, 6) is -0.754. The fourth-order valence-corrected chi connectivity index (χ4v) is 4.90. The van der Waals surface area contributed by atoms with Crippen LogP contribution in [0.5, 0.6) is 0 Å². The molecule has 1 N–H and O–H groups in total. The highest BCUT2D eigenvalue weighted by Crippen LogP contribution is 2.22. The van der Waals surface area contributed by atoms with E-state index in [9.17, 15) is 14.0 Å². The van der Waals surface area contributed by atoms with E-state index in [-0.39, 0.29) is 23.1 Å². The van der Waals surface area contributed by atoms with Crippen molar-refractivity contribution in [3.05, 3.63) is 58.4 Å². The number of fused-ring (bicyclic) bond motifs is 1. The molecular formula is C26H30FN5O3. The molecule has 1 aliphatic heterocycles. The van der Waals surface area contributed by atoms with Crippen molar-refractivity contribution < 1.29 is 13.9 Å². The molecule has 35 heavy (non-hydrogen) atoms. The number of ether oxygens (including phenoxy) is 1. The van der Waals surface area contributed by atoms with E-state index in [0.29, 0.717) is 48.6 Å². The quantitative estimate of drug-likeness (QED) is 0.585. The first kappa shape index (κ1) is 23.6. The lowest BCUT2D eigenvalue weighted by Crippen LogP contribution is -2.42. The molecule has 9 heteroatoms. The minimum Gasteiger partial charge on any atom is -0.379 e. The average molecular weight is 480 g/mol. The predicted molar refractivity (Wildman–Crippen MR) is 131 cm³/mol. The number of nitrogens with zero attached hydrogens (tertiary/aromatic N) is 4. The molecule has 184 valence electrons. The van der Waals surface area contributed by atoms with Crippen molar-refractivity contribution in [2.45, 2.75) is 44.7 Å². The summed E-state index contributed by atoms with van der Waals surface area (Å²) in [6.07, 6.45) is 8.02. The number of hydrogen-bond acceptors (Lipinski definition) is 6. The van der Waals surface area contributed by atoms with E-state index < -0.39 is 5.82 Å². The Morgan fingerprint density at radius 3 is 2.60 bits per heavy atom. The number of hydrogen-bond donors (Lipinski definition) is 1. The van der Waals surface area contributed by atoms with Crippen molar-refractivity contribution in [1.82, 2.24) is 24.8 Å². The van der Waals surface area contributed by atoms with Crippen molar-refractivity contribution in [2.75, 3.05) is 32.8 Å². The maximum Gasteiger partial charge on any atom is 0.265 e. The number of rotatable bonds is 6.